The van der Waals surface area contributed by atoms with Crippen molar-refractivity contribution >= 4 is 12.2 Å². The van der Waals surface area contributed by atoms with Crippen LogP contribution in [-0.2, 0) is 10.9 Å². The van der Waals surface area contributed by atoms with Crippen molar-refractivity contribution in [2.75, 3.05) is 13.6 Å². The second-order valence-corrected chi connectivity index (χ2v) is 12.1. The first-order valence-corrected chi connectivity index (χ1v) is 14.5. The summed E-state index contributed by atoms with van der Waals surface area (Å²) in [6.07, 6.45) is -3.70. The van der Waals surface area contributed by atoms with Crippen LogP contribution in [0.3, 0.4) is 0 Å². The lowest BCUT2D eigenvalue weighted by Gasteiger charge is -2.27. The normalized spacial score (nSPS) is 16.1. The minimum absolute atomic E-state index is 0.00951. The fraction of sp³-hybridized carbons (Fsp3) is 0.375. The Morgan fingerprint density at radius 2 is 1.58 bits per heavy atom. The molecular formula is C32H35F3N6O4. The third-order valence-corrected chi connectivity index (χ3v) is 7.76. The van der Waals surface area contributed by atoms with Gasteiger partial charge >= 0.3 is 18.4 Å². The molecule has 1 aliphatic rings. The Kier molecular flexibility index (Phi) is 8.39. The van der Waals surface area contributed by atoms with Gasteiger partial charge in [-0.2, -0.15) is 13.2 Å². The molecule has 2 aromatic heterocycles. The molecule has 0 spiro atoms. The Morgan fingerprint density at radius 1 is 1.00 bits per heavy atom. The van der Waals surface area contributed by atoms with E-state index in [1.807, 2.05) is 31.2 Å². The van der Waals surface area contributed by atoms with E-state index < -0.39 is 35.7 Å². The van der Waals surface area contributed by atoms with E-state index >= 15 is 0 Å². The Balaban J connectivity index is 1.33. The third kappa shape index (κ3) is 6.81. The van der Waals surface area contributed by atoms with E-state index in [-0.39, 0.29) is 29.7 Å². The molecule has 0 unspecified atom stereocenters. The largest absolute Gasteiger partial charge is 0.465 e. The SMILES string of the molecule is C[C@@H](c1ncc(-c2ccc(-c3ccc(-c4nc([C@@H]5CCCN5C(=O)O)[nH]c4C(F)(F)F)cc3)cc2)[nH]1)N(C)C(=O)OC(C)(C)C. The van der Waals surface area contributed by atoms with Gasteiger partial charge in [-0.25, -0.2) is 19.6 Å². The Labute approximate surface area is 258 Å². The van der Waals surface area contributed by atoms with Crippen LogP contribution < -0.4 is 0 Å². The lowest BCUT2D eigenvalue weighted by molar-refractivity contribution is -0.140. The van der Waals surface area contributed by atoms with E-state index in [0.29, 0.717) is 18.7 Å². The summed E-state index contributed by atoms with van der Waals surface area (Å²) in [6.45, 7) is 7.51. The zero-order valence-electron chi connectivity index (χ0n) is 25.6. The van der Waals surface area contributed by atoms with E-state index in [0.717, 1.165) is 27.3 Å². The van der Waals surface area contributed by atoms with Crippen molar-refractivity contribution in [3.05, 3.63) is 72.1 Å². The molecule has 0 radical (unpaired) electrons. The quantitative estimate of drug-likeness (QED) is 0.200. The lowest BCUT2D eigenvalue weighted by atomic mass is 10.0. The first-order chi connectivity index (χ1) is 21.1. The van der Waals surface area contributed by atoms with Crippen molar-refractivity contribution in [1.82, 2.24) is 29.7 Å². The number of nitrogens with zero attached hydrogens (tertiary/aromatic N) is 4. The van der Waals surface area contributed by atoms with Gasteiger partial charge in [0.2, 0.25) is 0 Å². The van der Waals surface area contributed by atoms with Crippen LogP contribution in [0, 0.1) is 0 Å². The number of amides is 2. The maximum atomic E-state index is 14.0. The molecule has 0 bridgehead atoms. The van der Waals surface area contributed by atoms with Crippen LogP contribution in [-0.4, -0.2) is 66.2 Å². The molecule has 2 atom stereocenters. The maximum absolute atomic E-state index is 14.0. The number of hydrogen-bond donors (Lipinski definition) is 3. The number of carbonyl (C=O) groups excluding carboxylic acids is 1. The molecule has 3 N–H and O–H groups in total. The van der Waals surface area contributed by atoms with Crippen molar-refractivity contribution in [3.63, 3.8) is 0 Å². The minimum Gasteiger partial charge on any atom is -0.465 e. The summed E-state index contributed by atoms with van der Waals surface area (Å²) in [5.74, 6) is 0.589. The number of benzene rings is 2. The van der Waals surface area contributed by atoms with Crippen molar-refractivity contribution in [1.29, 1.82) is 0 Å². The Morgan fingerprint density at radius 3 is 2.13 bits per heavy atom. The number of likely N-dealkylation sites (tertiary alicyclic amines) is 1. The van der Waals surface area contributed by atoms with Gasteiger partial charge in [-0.05, 0) is 57.2 Å². The van der Waals surface area contributed by atoms with Crippen LogP contribution in [0.4, 0.5) is 22.8 Å². The molecule has 5 rings (SSSR count). The van der Waals surface area contributed by atoms with Crippen molar-refractivity contribution < 1.29 is 32.6 Å². The monoisotopic (exact) mass is 624 g/mol. The highest BCUT2D eigenvalue weighted by molar-refractivity contribution is 5.73. The van der Waals surface area contributed by atoms with Gasteiger partial charge in [0.25, 0.3) is 0 Å². The number of halogens is 3. The van der Waals surface area contributed by atoms with Gasteiger partial charge in [0.05, 0.1) is 24.0 Å². The molecule has 1 fully saturated rings. The Hall–Kier alpha value is -4.81. The zero-order chi connectivity index (χ0) is 32.7. The molecule has 10 nitrogen and oxygen atoms in total. The van der Waals surface area contributed by atoms with E-state index in [1.165, 1.54) is 4.90 Å². The molecule has 1 aliphatic heterocycles. The van der Waals surface area contributed by atoms with E-state index in [4.69, 9.17) is 4.74 Å². The van der Waals surface area contributed by atoms with E-state index in [2.05, 4.69) is 19.9 Å². The smallest absolute Gasteiger partial charge is 0.433 e. The number of aromatic nitrogens is 4. The third-order valence-electron chi connectivity index (χ3n) is 7.76. The molecule has 45 heavy (non-hydrogen) atoms. The molecule has 13 heteroatoms. The van der Waals surface area contributed by atoms with Crippen LogP contribution in [0.25, 0.3) is 33.6 Å². The molecule has 1 saturated heterocycles. The first kappa shape index (κ1) is 31.6. The van der Waals surface area contributed by atoms with Crippen LogP contribution in [0.1, 0.15) is 70.0 Å². The maximum Gasteiger partial charge on any atom is 0.433 e. The van der Waals surface area contributed by atoms with E-state index in [9.17, 15) is 27.9 Å². The molecule has 0 saturated carbocycles. The number of ether oxygens (including phenoxy) is 1. The molecule has 3 heterocycles. The van der Waals surface area contributed by atoms with Crippen LogP contribution >= 0.6 is 0 Å². The summed E-state index contributed by atoms with van der Waals surface area (Å²) in [7, 11) is 1.65. The molecule has 2 amide bonds. The topological polar surface area (TPSA) is 127 Å². The molecule has 4 aromatic rings. The van der Waals surface area contributed by atoms with Gasteiger partial charge in [-0.3, -0.25) is 4.90 Å². The summed E-state index contributed by atoms with van der Waals surface area (Å²) in [5.41, 5.74) is 1.65. The highest BCUT2D eigenvalue weighted by Crippen LogP contribution is 2.39. The number of nitrogens with one attached hydrogen (secondary N) is 2. The molecule has 2 aromatic carbocycles. The number of carbonyl (C=O) groups is 2. The zero-order valence-corrected chi connectivity index (χ0v) is 25.6. The predicted molar refractivity (Wildman–Crippen MR) is 161 cm³/mol. The van der Waals surface area contributed by atoms with Gasteiger partial charge in [0.15, 0.2) is 0 Å². The Bertz CT molecular complexity index is 1670. The molecule has 238 valence electrons. The average Bonchev–Trinajstić information content (AvgIpc) is 3.75. The highest BCUT2D eigenvalue weighted by atomic mass is 19.4. The summed E-state index contributed by atoms with van der Waals surface area (Å²) in [5, 5.41) is 9.45. The lowest BCUT2D eigenvalue weighted by Crippen LogP contribution is -2.36. The van der Waals surface area contributed by atoms with E-state index in [1.54, 1.807) is 58.3 Å². The van der Waals surface area contributed by atoms with Gasteiger partial charge in [0, 0.05) is 19.2 Å². The van der Waals surface area contributed by atoms with Crippen LogP contribution in [0.15, 0.2) is 54.7 Å². The first-order valence-electron chi connectivity index (χ1n) is 14.5. The van der Waals surface area contributed by atoms with Crippen molar-refractivity contribution in [2.45, 2.75) is 64.4 Å². The van der Waals surface area contributed by atoms with Crippen LogP contribution in [0.5, 0.6) is 0 Å². The molecular weight excluding hydrogens is 589 g/mol. The summed E-state index contributed by atoms with van der Waals surface area (Å²) in [4.78, 5) is 40.9. The predicted octanol–water partition coefficient (Wildman–Crippen LogP) is 7.90. The van der Waals surface area contributed by atoms with Crippen LogP contribution in [0.2, 0.25) is 0 Å². The summed E-state index contributed by atoms with van der Waals surface area (Å²) < 4.78 is 47.3. The second kappa shape index (κ2) is 11.9. The summed E-state index contributed by atoms with van der Waals surface area (Å²) in [6, 6.07) is 13.1. The second-order valence-electron chi connectivity index (χ2n) is 12.1. The number of rotatable bonds is 6. The number of carboxylic acid groups (broad SMARTS) is 1. The van der Waals surface area contributed by atoms with Gasteiger partial charge in [-0.15, -0.1) is 0 Å². The fourth-order valence-corrected chi connectivity index (χ4v) is 5.28. The summed E-state index contributed by atoms with van der Waals surface area (Å²) >= 11 is 0. The number of hydrogen-bond acceptors (Lipinski definition) is 5. The number of imidazole rings is 2. The standard InChI is InChI=1S/C32H35F3N6O4/c1-18(40(5)30(44)45-31(2,3)4)27-36-17-23(37-27)21-12-8-19(9-13-21)20-10-14-22(15-11-20)25-26(32(33,34)35)39-28(38-25)24-7-6-16-41(24)29(42)43/h8-15,17-18,24H,6-7,16H2,1-5H3,(H,36,37)(H,38,39)(H,42,43)/t18-,24-/m0/s1. The van der Waals surface area contributed by atoms with Gasteiger partial charge in [-0.1, -0.05) is 48.5 Å². The molecule has 0 aliphatic carbocycles. The average molecular weight is 625 g/mol. The highest BCUT2D eigenvalue weighted by Gasteiger charge is 2.40. The van der Waals surface area contributed by atoms with Crippen molar-refractivity contribution in [3.8, 4) is 33.6 Å². The number of aromatic amines is 2. The number of alkyl halides is 3. The van der Waals surface area contributed by atoms with Crippen molar-refractivity contribution in [2.24, 2.45) is 0 Å². The van der Waals surface area contributed by atoms with Gasteiger partial charge in [0.1, 0.15) is 28.6 Å². The number of H-pyrrole nitrogens is 2. The minimum atomic E-state index is -4.70. The fourth-order valence-electron chi connectivity index (χ4n) is 5.28. The van der Waals surface area contributed by atoms with Gasteiger partial charge < -0.3 is 24.7 Å².